The first-order valence-electron chi connectivity index (χ1n) is 15.3. The van der Waals surface area contributed by atoms with Gasteiger partial charge in [0.2, 0.25) is 0 Å². The maximum absolute atomic E-state index is 12.8. The third-order valence-electron chi connectivity index (χ3n) is 8.84. The first-order chi connectivity index (χ1) is 21.9. The van der Waals surface area contributed by atoms with Crippen LogP contribution in [0.15, 0.2) is 54.6 Å². The van der Waals surface area contributed by atoms with E-state index in [1.54, 1.807) is 24.3 Å². The van der Waals surface area contributed by atoms with Crippen LogP contribution >= 0.6 is 0 Å². The summed E-state index contributed by atoms with van der Waals surface area (Å²) in [6, 6.07) is 20.1. The van der Waals surface area contributed by atoms with Gasteiger partial charge in [-0.15, -0.1) is 5.06 Å². The van der Waals surface area contributed by atoms with Gasteiger partial charge in [-0.1, -0.05) is 30.3 Å². The molecule has 3 aliphatic heterocycles. The largest absolute Gasteiger partial charge is 0.462 e. The van der Waals surface area contributed by atoms with E-state index >= 15 is 0 Å². The van der Waals surface area contributed by atoms with Crippen LogP contribution in [0.4, 0.5) is 11.5 Å². The van der Waals surface area contributed by atoms with Crippen molar-refractivity contribution in [2.24, 2.45) is 0 Å². The summed E-state index contributed by atoms with van der Waals surface area (Å²) in [5.41, 5.74) is 3.61. The number of fused-ring (bicyclic) bond motifs is 1. The molecule has 1 unspecified atom stereocenters. The number of hydrogen-bond acceptors (Lipinski definition) is 12. The van der Waals surface area contributed by atoms with E-state index < -0.39 is 18.1 Å². The van der Waals surface area contributed by atoms with Crippen molar-refractivity contribution >= 4 is 17.5 Å². The first-order valence-corrected chi connectivity index (χ1v) is 15.3. The van der Waals surface area contributed by atoms with Crippen LogP contribution in [0.25, 0.3) is 0 Å². The summed E-state index contributed by atoms with van der Waals surface area (Å²) in [7, 11) is 2.09. The summed E-state index contributed by atoms with van der Waals surface area (Å²) in [4.78, 5) is 34.7. The van der Waals surface area contributed by atoms with Gasteiger partial charge in [-0.05, 0) is 57.1 Å². The van der Waals surface area contributed by atoms with E-state index in [2.05, 4.69) is 22.9 Å². The topological polar surface area (TPSA) is 142 Å². The van der Waals surface area contributed by atoms with E-state index in [0.29, 0.717) is 49.6 Å². The number of hydrogen-bond donors (Lipinski definition) is 1. The lowest BCUT2D eigenvalue weighted by molar-refractivity contribution is -0.158. The lowest BCUT2D eigenvalue weighted by Gasteiger charge is -2.42. The Morgan fingerprint density at radius 3 is 2.60 bits per heavy atom. The number of aromatic nitrogens is 2. The number of likely N-dealkylation sites (tertiary alicyclic amines) is 1. The van der Waals surface area contributed by atoms with Gasteiger partial charge in [0.05, 0.1) is 41.7 Å². The van der Waals surface area contributed by atoms with Gasteiger partial charge in [-0.25, -0.2) is 4.79 Å². The minimum absolute atomic E-state index is 0.200. The molecule has 1 N–H and O–H groups in total. The fraction of sp³-hybridized carbons (Fsp3) is 0.424. The van der Waals surface area contributed by atoms with Crippen molar-refractivity contribution in [1.82, 2.24) is 19.9 Å². The minimum atomic E-state index is -1.40. The number of likely N-dealkylation sites (N-methyl/N-ethyl adjacent to an activating group) is 1. The third kappa shape index (κ3) is 6.54. The summed E-state index contributed by atoms with van der Waals surface area (Å²) in [5, 5.41) is 31.5. The Bertz CT molecular complexity index is 1610. The van der Waals surface area contributed by atoms with E-state index in [0.717, 1.165) is 36.3 Å². The highest BCUT2D eigenvalue weighted by Crippen LogP contribution is 2.33. The van der Waals surface area contributed by atoms with Gasteiger partial charge in [0.1, 0.15) is 24.5 Å². The zero-order chi connectivity index (χ0) is 31.3. The zero-order valence-corrected chi connectivity index (χ0v) is 25.2. The van der Waals surface area contributed by atoms with Crippen LogP contribution in [0, 0.1) is 22.7 Å². The zero-order valence-electron chi connectivity index (χ0n) is 25.2. The van der Waals surface area contributed by atoms with E-state index in [1.165, 1.54) is 5.06 Å². The van der Waals surface area contributed by atoms with Gasteiger partial charge in [0.15, 0.2) is 6.10 Å². The number of ether oxygens (including phenoxy) is 1. The number of aliphatic hydroxyl groups is 1. The summed E-state index contributed by atoms with van der Waals surface area (Å²) < 4.78 is 6.22. The molecule has 0 bridgehead atoms. The maximum atomic E-state index is 12.8. The molecule has 0 saturated carbocycles. The SMILES string of the molecule is CN1CCCC1COc1nc2c(c(N3CCN(OC(=O)c4ccccc4)[C@@H]([C@@H](O)C#N)C3)n1)CCN(c1ccccc1C#N)C2. The minimum Gasteiger partial charge on any atom is -0.462 e. The monoisotopic (exact) mass is 608 g/mol. The Morgan fingerprint density at radius 1 is 1.04 bits per heavy atom. The Morgan fingerprint density at radius 2 is 1.84 bits per heavy atom. The molecule has 2 saturated heterocycles. The Balaban J connectivity index is 1.28. The van der Waals surface area contributed by atoms with Gasteiger partial charge < -0.3 is 29.4 Å². The van der Waals surface area contributed by atoms with Crippen LogP contribution < -0.4 is 14.5 Å². The fourth-order valence-corrected chi connectivity index (χ4v) is 6.30. The quantitative estimate of drug-likeness (QED) is 0.376. The predicted molar refractivity (Wildman–Crippen MR) is 165 cm³/mol. The van der Waals surface area contributed by atoms with E-state index in [1.807, 2.05) is 41.3 Å². The van der Waals surface area contributed by atoms with Crippen molar-refractivity contribution in [2.75, 3.05) is 56.2 Å². The molecule has 6 rings (SSSR count). The van der Waals surface area contributed by atoms with Gasteiger partial charge in [0.25, 0.3) is 0 Å². The number of anilines is 2. The summed E-state index contributed by atoms with van der Waals surface area (Å²) in [6.45, 7) is 3.52. The molecular formula is C33H36N8O4. The van der Waals surface area contributed by atoms with Crippen molar-refractivity contribution in [3.05, 3.63) is 77.0 Å². The molecule has 4 heterocycles. The fourth-order valence-electron chi connectivity index (χ4n) is 6.30. The highest BCUT2D eigenvalue weighted by atomic mass is 16.7. The van der Waals surface area contributed by atoms with Crippen molar-refractivity contribution in [3.8, 4) is 18.1 Å². The van der Waals surface area contributed by atoms with Crippen molar-refractivity contribution in [2.45, 2.75) is 44.0 Å². The lowest BCUT2D eigenvalue weighted by Crippen LogP contribution is -2.58. The molecule has 3 aromatic rings. The normalized spacial score (nSPS) is 21.0. The number of benzene rings is 2. The number of aliphatic hydroxyl groups excluding tert-OH is 1. The second-order valence-electron chi connectivity index (χ2n) is 11.6. The van der Waals surface area contributed by atoms with Crippen LogP contribution in [0.1, 0.15) is 40.0 Å². The lowest BCUT2D eigenvalue weighted by atomic mass is 10.0. The predicted octanol–water partition coefficient (Wildman–Crippen LogP) is 2.53. The highest BCUT2D eigenvalue weighted by Gasteiger charge is 2.38. The van der Waals surface area contributed by atoms with E-state index in [-0.39, 0.29) is 25.1 Å². The molecule has 3 aliphatic rings. The van der Waals surface area contributed by atoms with Crippen molar-refractivity contribution in [3.63, 3.8) is 0 Å². The molecule has 2 aromatic carbocycles. The van der Waals surface area contributed by atoms with Gasteiger partial charge in [-0.2, -0.15) is 20.5 Å². The number of nitrogens with zero attached hydrogens (tertiary/aromatic N) is 8. The van der Waals surface area contributed by atoms with Crippen LogP contribution in [-0.4, -0.2) is 95.6 Å². The number of rotatable bonds is 8. The first kappa shape index (κ1) is 30.3. The molecule has 45 heavy (non-hydrogen) atoms. The number of carbonyl (C=O) groups excluding carboxylic acids is 1. The number of para-hydroxylation sites is 1. The smallest absolute Gasteiger partial charge is 0.357 e. The second kappa shape index (κ2) is 13.5. The molecule has 0 aliphatic carbocycles. The molecule has 12 heteroatoms. The number of piperazine rings is 1. The molecular weight excluding hydrogens is 572 g/mol. The number of hydroxylamine groups is 2. The average molecular weight is 609 g/mol. The summed E-state index contributed by atoms with van der Waals surface area (Å²) in [6.07, 6.45) is 1.39. The molecule has 2 fully saturated rings. The van der Waals surface area contributed by atoms with E-state index in [9.17, 15) is 20.4 Å². The molecule has 0 spiro atoms. The number of nitriles is 2. The molecule has 12 nitrogen and oxygen atoms in total. The van der Waals surface area contributed by atoms with Crippen molar-refractivity contribution < 1.29 is 19.5 Å². The number of carbonyl (C=O) groups is 1. The van der Waals surface area contributed by atoms with Crippen LogP contribution in [0.3, 0.4) is 0 Å². The van der Waals surface area contributed by atoms with Gasteiger partial charge >= 0.3 is 12.0 Å². The maximum Gasteiger partial charge on any atom is 0.357 e. The van der Waals surface area contributed by atoms with Gasteiger partial charge in [-0.3, -0.25) is 0 Å². The molecule has 232 valence electrons. The Hall–Kier alpha value is -4.75. The van der Waals surface area contributed by atoms with Gasteiger partial charge in [0, 0.05) is 31.2 Å². The van der Waals surface area contributed by atoms with Crippen LogP contribution in [0.2, 0.25) is 0 Å². The standard InChI is InChI=1S/C33H36N8O4/c1-38-14-7-11-25(38)22-44-33-36-27-20-39(28-12-6-5-10-24(28)18-34)15-13-26(27)31(37-33)40-16-17-41(29(21-40)30(42)19-35)45-32(43)23-8-3-2-4-9-23/h2-6,8-10,12,25,29-30,42H,7,11,13-17,20-22H2,1H3/t25?,29-,30+/m1/s1. The molecule has 0 amide bonds. The highest BCUT2D eigenvalue weighted by molar-refractivity contribution is 5.89. The average Bonchev–Trinajstić information content (AvgIpc) is 3.51. The Kier molecular flexibility index (Phi) is 9.08. The van der Waals surface area contributed by atoms with Crippen LogP contribution in [0.5, 0.6) is 6.01 Å². The molecule has 1 aromatic heterocycles. The Labute approximate surface area is 262 Å². The van der Waals surface area contributed by atoms with Crippen LogP contribution in [-0.2, 0) is 17.8 Å². The molecule has 0 radical (unpaired) electrons. The van der Waals surface area contributed by atoms with E-state index in [4.69, 9.17) is 19.5 Å². The second-order valence-corrected chi connectivity index (χ2v) is 11.6. The van der Waals surface area contributed by atoms with Crippen molar-refractivity contribution in [1.29, 1.82) is 10.5 Å². The molecule has 3 atom stereocenters. The third-order valence-corrected chi connectivity index (χ3v) is 8.84. The summed E-state index contributed by atoms with van der Waals surface area (Å²) in [5.74, 6) is 0.135. The summed E-state index contributed by atoms with van der Waals surface area (Å²) >= 11 is 0.